The molecule has 0 aliphatic heterocycles. The van der Waals surface area contributed by atoms with Gasteiger partial charge in [0, 0.05) is 5.56 Å². The molecule has 0 fully saturated rings. The summed E-state index contributed by atoms with van der Waals surface area (Å²) in [6.07, 6.45) is 0. The molecule has 4 rings (SSSR count). The number of hydrogen-bond acceptors (Lipinski definition) is 5. The van der Waals surface area contributed by atoms with Crippen molar-refractivity contribution in [2.45, 2.75) is 9.92 Å². The largest absolute Gasteiger partial charge is 0.478 e. The molecule has 7 nitrogen and oxygen atoms in total. The monoisotopic (exact) mass is 405 g/mol. The van der Waals surface area contributed by atoms with E-state index in [2.05, 4.69) is 10.3 Å². The Morgan fingerprint density at radius 2 is 1.41 bits per heavy atom. The number of aromatic carboxylic acids is 1. The molecule has 1 heterocycles. The van der Waals surface area contributed by atoms with Gasteiger partial charge in [-0.3, -0.25) is 0 Å². The van der Waals surface area contributed by atoms with Crippen LogP contribution in [0.5, 0.6) is 0 Å². The van der Waals surface area contributed by atoms with E-state index in [4.69, 9.17) is 5.11 Å². The second-order valence-electron chi connectivity index (χ2n) is 6.19. The highest BCUT2D eigenvalue weighted by atomic mass is 32.2. The van der Waals surface area contributed by atoms with Gasteiger partial charge in [0.2, 0.25) is 14.9 Å². The Hall–Kier alpha value is -3.78. The lowest BCUT2D eigenvalue weighted by Crippen LogP contribution is -2.06. The van der Waals surface area contributed by atoms with Crippen LogP contribution in [0, 0.1) is 0 Å². The Bertz CT molecular complexity index is 1270. The number of benzene rings is 3. The zero-order valence-electron chi connectivity index (χ0n) is 15.0. The normalized spacial score (nSPS) is 11.3. The number of rotatable bonds is 5. The van der Waals surface area contributed by atoms with Gasteiger partial charge in [0.15, 0.2) is 0 Å². The number of hydrogen-bond donors (Lipinski definition) is 1. The van der Waals surface area contributed by atoms with Gasteiger partial charge in [-0.1, -0.05) is 53.7 Å². The minimum atomic E-state index is -3.92. The highest BCUT2D eigenvalue weighted by molar-refractivity contribution is 7.91. The highest BCUT2D eigenvalue weighted by Gasteiger charge is 2.28. The number of sulfone groups is 1. The summed E-state index contributed by atoms with van der Waals surface area (Å²) in [5, 5.41) is 17.0. The predicted molar refractivity (Wildman–Crippen MR) is 106 cm³/mol. The van der Waals surface area contributed by atoms with Gasteiger partial charge in [-0.2, -0.15) is 0 Å². The minimum Gasteiger partial charge on any atom is -0.478 e. The van der Waals surface area contributed by atoms with Crippen LogP contribution in [0.15, 0.2) is 94.9 Å². The molecule has 29 heavy (non-hydrogen) atoms. The van der Waals surface area contributed by atoms with Crippen LogP contribution < -0.4 is 0 Å². The SMILES string of the molecule is O=C(O)c1ccc(-n2nnc(S(=O)(=O)c3ccccc3)c2-c2ccccc2)cc1. The lowest BCUT2D eigenvalue weighted by molar-refractivity contribution is 0.0697. The second-order valence-corrected chi connectivity index (χ2v) is 8.05. The number of carboxylic acids is 1. The van der Waals surface area contributed by atoms with E-state index in [0.29, 0.717) is 16.9 Å². The van der Waals surface area contributed by atoms with Gasteiger partial charge in [-0.25, -0.2) is 17.9 Å². The summed E-state index contributed by atoms with van der Waals surface area (Å²) in [7, 11) is -3.92. The second kappa shape index (κ2) is 7.33. The lowest BCUT2D eigenvalue weighted by atomic mass is 10.1. The number of aromatic nitrogens is 3. The van der Waals surface area contributed by atoms with Crippen molar-refractivity contribution in [3.63, 3.8) is 0 Å². The third-order valence-electron chi connectivity index (χ3n) is 4.35. The Morgan fingerprint density at radius 3 is 2.00 bits per heavy atom. The van der Waals surface area contributed by atoms with Crippen molar-refractivity contribution in [2.75, 3.05) is 0 Å². The zero-order valence-corrected chi connectivity index (χ0v) is 15.8. The smallest absolute Gasteiger partial charge is 0.335 e. The van der Waals surface area contributed by atoms with E-state index in [1.807, 2.05) is 6.07 Å². The standard InChI is InChI=1S/C21H15N3O4S/c25-21(26)16-11-13-17(14-12-16)24-19(15-7-3-1-4-8-15)20(22-23-24)29(27,28)18-9-5-2-6-10-18/h1-14H,(H,25,26). The van der Waals surface area contributed by atoms with E-state index in [0.717, 1.165) is 0 Å². The van der Waals surface area contributed by atoms with Crippen molar-refractivity contribution in [2.24, 2.45) is 0 Å². The van der Waals surface area contributed by atoms with Gasteiger partial charge in [0.05, 0.1) is 16.1 Å². The summed E-state index contributed by atoms with van der Waals surface area (Å²) >= 11 is 0. The molecule has 1 aromatic heterocycles. The molecule has 0 aliphatic rings. The molecule has 0 aliphatic carbocycles. The van der Waals surface area contributed by atoms with Crippen molar-refractivity contribution in [1.29, 1.82) is 0 Å². The van der Waals surface area contributed by atoms with Crippen LogP contribution in [0.4, 0.5) is 0 Å². The average molecular weight is 405 g/mol. The number of nitrogens with zero attached hydrogens (tertiary/aromatic N) is 3. The van der Waals surface area contributed by atoms with Crippen molar-refractivity contribution < 1.29 is 18.3 Å². The number of carboxylic acid groups (broad SMARTS) is 1. The van der Waals surface area contributed by atoms with Crippen LogP contribution in [0.3, 0.4) is 0 Å². The van der Waals surface area contributed by atoms with Crippen LogP contribution >= 0.6 is 0 Å². The van der Waals surface area contributed by atoms with E-state index in [-0.39, 0.29) is 15.5 Å². The minimum absolute atomic E-state index is 0.116. The maximum absolute atomic E-state index is 13.2. The third-order valence-corrected chi connectivity index (χ3v) is 6.03. The fourth-order valence-corrected chi connectivity index (χ4v) is 4.27. The van der Waals surface area contributed by atoms with Crippen molar-refractivity contribution in [3.8, 4) is 16.9 Å². The third kappa shape index (κ3) is 3.41. The van der Waals surface area contributed by atoms with Crippen LogP contribution in [-0.4, -0.2) is 34.5 Å². The van der Waals surface area contributed by atoms with Gasteiger partial charge in [0.1, 0.15) is 5.69 Å². The molecule has 0 saturated heterocycles. The molecule has 0 bridgehead atoms. The first-order chi connectivity index (χ1) is 14.0. The van der Waals surface area contributed by atoms with Gasteiger partial charge in [0.25, 0.3) is 0 Å². The van der Waals surface area contributed by atoms with Crippen LogP contribution in [-0.2, 0) is 9.84 Å². The van der Waals surface area contributed by atoms with Crippen molar-refractivity contribution >= 4 is 15.8 Å². The van der Waals surface area contributed by atoms with E-state index >= 15 is 0 Å². The molecule has 1 N–H and O–H groups in total. The maximum atomic E-state index is 13.2. The summed E-state index contributed by atoms with van der Waals surface area (Å²) < 4.78 is 27.8. The molecule has 144 valence electrons. The average Bonchev–Trinajstić information content (AvgIpc) is 3.21. The Morgan fingerprint density at radius 1 is 0.828 bits per heavy atom. The molecular formula is C21H15N3O4S. The molecule has 8 heteroatoms. The summed E-state index contributed by atoms with van der Waals surface area (Å²) in [5.74, 6) is -1.05. The van der Waals surface area contributed by atoms with E-state index in [1.54, 1.807) is 54.6 Å². The maximum Gasteiger partial charge on any atom is 0.335 e. The zero-order chi connectivity index (χ0) is 20.4. The summed E-state index contributed by atoms with van der Waals surface area (Å²) in [6.45, 7) is 0. The summed E-state index contributed by atoms with van der Waals surface area (Å²) in [4.78, 5) is 11.2. The number of carbonyl (C=O) groups is 1. The molecule has 3 aromatic carbocycles. The molecule has 0 amide bonds. The molecule has 0 spiro atoms. The Kier molecular flexibility index (Phi) is 4.69. The van der Waals surface area contributed by atoms with Crippen molar-refractivity contribution in [1.82, 2.24) is 15.0 Å². The first-order valence-electron chi connectivity index (χ1n) is 8.63. The van der Waals surface area contributed by atoms with Crippen LogP contribution in [0.25, 0.3) is 16.9 Å². The molecule has 0 unspecified atom stereocenters. The van der Waals surface area contributed by atoms with Gasteiger partial charge in [-0.15, -0.1) is 5.10 Å². The van der Waals surface area contributed by atoms with Gasteiger partial charge >= 0.3 is 5.97 Å². The summed E-state index contributed by atoms with van der Waals surface area (Å²) in [6, 6.07) is 23.0. The van der Waals surface area contributed by atoms with Crippen molar-refractivity contribution in [3.05, 3.63) is 90.5 Å². The molecule has 4 aromatic rings. The molecule has 0 saturated carbocycles. The quantitative estimate of drug-likeness (QED) is 0.545. The molecule has 0 radical (unpaired) electrons. The fraction of sp³-hybridized carbons (Fsp3) is 0. The predicted octanol–water partition coefficient (Wildman–Crippen LogP) is 3.47. The van der Waals surface area contributed by atoms with E-state index < -0.39 is 15.8 Å². The van der Waals surface area contributed by atoms with Gasteiger partial charge < -0.3 is 5.11 Å². The fourth-order valence-electron chi connectivity index (χ4n) is 2.93. The first-order valence-corrected chi connectivity index (χ1v) is 10.1. The van der Waals surface area contributed by atoms with Gasteiger partial charge in [-0.05, 0) is 36.4 Å². The van der Waals surface area contributed by atoms with Crippen LogP contribution in [0.2, 0.25) is 0 Å². The Labute approximate surface area is 166 Å². The van der Waals surface area contributed by atoms with Crippen LogP contribution in [0.1, 0.15) is 10.4 Å². The van der Waals surface area contributed by atoms with E-state index in [9.17, 15) is 13.2 Å². The molecule has 0 atom stereocenters. The topological polar surface area (TPSA) is 102 Å². The first kappa shape index (κ1) is 18.6. The molecular weight excluding hydrogens is 390 g/mol. The van der Waals surface area contributed by atoms with E-state index in [1.165, 1.54) is 28.9 Å². The lowest BCUT2D eigenvalue weighted by Gasteiger charge is -2.09. The highest BCUT2D eigenvalue weighted by Crippen LogP contribution is 2.31. The summed E-state index contributed by atoms with van der Waals surface area (Å²) in [5.41, 5.74) is 1.54. The Balaban J connectivity index is 1.94.